The van der Waals surface area contributed by atoms with Crippen molar-refractivity contribution in [1.29, 1.82) is 0 Å². The zero-order valence-electron chi connectivity index (χ0n) is 11.1. The molecule has 0 aliphatic carbocycles. The third-order valence-corrected chi connectivity index (χ3v) is 3.47. The number of thioether (sulfide) groups is 1. The summed E-state index contributed by atoms with van der Waals surface area (Å²) in [5, 5.41) is 2.74. The van der Waals surface area contributed by atoms with Crippen LogP contribution in [0.1, 0.15) is 10.4 Å². The van der Waals surface area contributed by atoms with Crippen molar-refractivity contribution in [2.45, 2.75) is 4.90 Å². The van der Waals surface area contributed by atoms with Gasteiger partial charge in [0.1, 0.15) is 0 Å². The van der Waals surface area contributed by atoms with E-state index in [1.54, 1.807) is 17.8 Å². The van der Waals surface area contributed by atoms with Crippen LogP contribution in [0.3, 0.4) is 0 Å². The molecule has 20 heavy (non-hydrogen) atoms. The van der Waals surface area contributed by atoms with Gasteiger partial charge in [0.15, 0.2) is 11.6 Å². The lowest BCUT2D eigenvalue weighted by Crippen LogP contribution is -2.12. The van der Waals surface area contributed by atoms with E-state index in [0.717, 1.165) is 11.0 Å². The van der Waals surface area contributed by atoms with Gasteiger partial charge in [0.05, 0.1) is 7.11 Å². The Labute approximate surface area is 121 Å². The predicted octanol–water partition coefficient (Wildman–Crippen LogP) is 3.81. The molecule has 2 aromatic carbocycles. The molecule has 1 amide bonds. The van der Waals surface area contributed by atoms with Crippen LogP contribution in [0, 0.1) is 5.82 Å². The Morgan fingerprint density at radius 3 is 2.70 bits per heavy atom. The Bertz CT molecular complexity index is 631. The molecule has 0 radical (unpaired) electrons. The number of benzene rings is 2. The first-order valence-electron chi connectivity index (χ1n) is 5.93. The van der Waals surface area contributed by atoms with Crippen molar-refractivity contribution in [1.82, 2.24) is 0 Å². The molecule has 2 rings (SSSR count). The number of hydrogen-bond acceptors (Lipinski definition) is 3. The van der Waals surface area contributed by atoms with Gasteiger partial charge >= 0.3 is 0 Å². The molecule has 0 saturated heterocycles. The second-order valence-electron chi connectivity index (χ2n) is 4.04. The Kier molecular flexibility index (Phi) is 4.63. The van der Waals surface area contributed by atoms with Crippen LogP contribution in [0.15, 0.2) is 47.4 Å². The third kappa shape index (κ3) is 3.30. The van der Waals surface area contributed by atoms with Crippen molar-refractivity contribution in [3.05, 3.63) is 53.8 Å². The van der Waals surface area contributed by atoms with E-state index < -0.39 is 5.82 Å². The molecule has 5 heteroatoms. The standard InChI is InChI=1S/C15H14FNO2S/c1-19-14-7-6-10(8-13(14)16)15(18)17-11-4-3-5-12(9-11)20-2/h3-9H,1-2H3,(H,17,18). The highest BCUT2D eigenvalue weighted by Crippen LogP contribution is 2.21. The Morgan fingerprint density at radius 2 is 2.05 bits per heavy atom. The van der Waals surface area contributed by atoms with Crippen molar-refractivity contribution in [2.75, 3.05) is 18.7 Å². The summed E-state index contributed by atoms with van der Waals surface area (Å²) in [6, 6.07) is 11.6. The number of halogens is 1. The summed E-state index contributed by atoms with van der Waals surface area (Å²) >= 11 is 1.59. The molecule has 0 aromatic heterocycles. The minimum absolute atomic E-state index is 0.117. The second kappa shape index (κ2) is 6.43. The number of nitrogens with one attached hydrogen (secondary N) is 1. The van der Waals surface area contributed by atoms with Gasteiger partial charge in [0.25, 0.3) is 5.91 Å². The van der Waals surface area contributed by atoms with Gasteiger partial charge in [-0.2, -0.15) is 0 Å². The minimum atomic E-state index is -0.557. The Balaban J connectivity index is 2.17. The van der Waals surface area contributed by atoms with Crippen molar-refractivity contribution in [2.24, 2.45) is 0 Å². The Hall–Kier alpha value is -2.01. The first-order chi connectivity index (χ1) is 9.63. The molecule has 0 aliphatic heterocycles. The number of carbonyl (C=O) groups is 1. The van der Waals surface area contributed by atoms with E-state index >= 15 is 0 Å². The van der Waals surface area contributed by atoms with Crippen LogP contribution in [-0.2, 0) is 0 Å². The van der Waals surface area contributed by atoms with E-state index in [2.05, 4.69) is 5.32 Å². The van der Waals surface area contributed by atoms with Crippen molar-refractivity contribution < 1.29 is 13.9 Å². The number of rotatable bonds is 4. The maximum atomic E-state index is 13.6. The van der Waals surface area contributed by atoms with Crippen LogP contribution in [0.5, 0.6) is 5.75 Å². The van der Waals surface area contributed by atoms with Crippen LogP contribution in [0.25, 0.3) is 0 Å². The number of hydrogen-bond donors (Lipinski definition) is 1. The fourth-order valence-corrected chi connectivity index (χ4v) is 2.17. The topological polar surface area (TPSA) is 38.3 Å². The fourth-order valence-electron chi connectivity index (χ4n) is 1.71. The zero-order valence-corrected chi connectivity index (χ0v) is 12.0. The number of ether oxygens (including phenoxy) is 1. The highest BCUT2D eigenvalue weighted by molar-refractivity contribution is 7.98. The van der Waals surface area contributed by atoms with Gasteiger partial charge in [-0.15, -0.1) is 11.8 Å². The average molecular weight is 291 g/mol. The summed E-state index contributed by atoms with van der Waals surface area (Å²) in [7, 11) is 1.38. The molecule has 0 spiro atoms. The van der Waals surface area contributed by atoms with Crippen molar-refractivity contribution in [3.8, 4) is 5.75 Å². The third-order valence-electron chi connectivity index (χ3n) is 2.74. The molecular weight excluding hydrogens is 277 g/mol. The van der Waals surface area contributed by atoms with Crippen LogP contribution in [-0.4, -0.2) is 19.3 Å². The molecule has 0 saturated carbocycles. The van der Waals surface area contributed by atoms with E-state index in [1.165, 1.54) is 19.2 Å². The summed E-state index contributed by atoms with van der Waals surface area (Å²) in [6.45, 7) is 0. The monoisotopic (exact) mass is 291 g/mol. The minimum Gasteiger partial charge on any atom is -0.494 e. The molecule has 0 unspecified atom stereocenters. The van der Waals surface area contributed by atoms with Gasteiger partial charge in [-0.05, 0) is 42.7 Å². The quantitative estimate of drug-likeness (QED) is 0.871. The van der Waals surface area contributed by atoms with E-state index in [4.69, 9.17) is 4.74 Å². The van der Waals surface area contributed by atoms with Crippen LogP contribution in [0.2, 0.25) is 0 Å². The lowest BCUT2D eigenvalue weighted by Gasteiger charge is -2.08. The van der Waals surface area contributed by atoms with Crippen LogP contribution >= 0.6 is 11.8 Å². The summed E-state index contributed by atoms with van der Waals surface area (Å²) in [5.74, 6) is -0.797. The molecular formula is C15H14FNO2S. The molecule has 0 atom stereocenters. The van der Waals surface area contributed by atoms with Gasteiger partial charge in [-0.25, -0.2) is 4.39 Å². The van der Waals surface area contributed by atoms with Gasteiger partial charge in [-0.1, -0.05) is 6.07 Å². The number of amides is 1. The smallest absolute Gasteiger partial charge is 0.255 e. The van der Waals surface area contributed by atoms with Gasteiger partial charge < -0.3 is 10.1 Å². The second-order valence-corrected chi connectivity index (χ2v) is 4.92. The molecule has 104 valence electrons. The molecule has 3 nitrogen and oxygen atoms in total. The number of methoxy groups -OCH3 is 1. The first-order valence-corrected chi connectivity index (χ1v) is 7.15. The summed E-state index contributed by atoms with van der Waals surface area (Å²) < 4.78 is 18.4. The predicted molar refractivity (Wildman–Crippen MR) is 79.1 cm³/mol. The van der Waals surface area contributed by atoms with Crippen LogP contribution < -0.4 is 10.1 Å². The average Bonchev–Trinajstić information content (AvgIpc) is 2.47. The summed E-state index contributed by atoms with van der Waals surface area (Å²) in [4.78, 5) is 13.1. The summed E-state index contributed by atoms with van der Waals surface area (Å²) in [5.41, 5.74) is 0.927. The molecule has 2 aromatic rings. The molecule has 0 bridgehead atoms. The first kappa shape index (κ1) is 14.4. The van der Waals surface area contributed by atoms with E-state index in [9.17, 15) is 9.18 Å². The number of anilines is 1. The fraction of sp³-hybridized carbons (Fsp3) is 0.133. The van der Waals surface area contributed by atoms with Gasteiger partial charge in [0.2, 0.25) is 0 Å². The maximum absolute atomic E-state index is 13.6. The largest absolute Gasteiger partial charge is 0.494 e. The highest BCUT2D eigenvalue weighted by Gasteiger charge is 2.10. The summed E-state index contributed by atoms with van der Waals surface area (Å²) in [6.07, 6.45) is 1.96. The molecule has 0 fully saturated rings. The van der Waals surface area contributed by atoms with Gasteiger partial charge in [0, 0.05) is 16.1 Å². The van der Waals surface area contributed by atoms with E-state index in [0.29, 0.717) is 5.69 Å². The molecule has 0 heterocycles. The highest BCUT2D eigenvalue weighted by atomic mass is 32.2. The van der Waals surface area contributed by atoms with E-state index in [-0.39, 0.29) is 17.2 Å². The van der Waals surface area contributed by atoms with Crippen LogP contribution in [0.4, 0.5) is 10.1 Å². The Morgan fingerprint density at radius 1 is 1.25 bits per heavy atom. The van der Waals surface area contributed by atoms with Crippen molar-refractivity contribution in [3.63, 3.8) is 0 Å². The number of carbonyl (C=O) groups excluding carboxylic acids is 1. The molecule has 0 aliphatic rings. The maximum Gasteiger partial charge on any atom is 0.255 e. The van der Waals surface area contributed by atoms with Crippen molar-refractivity contribution >= 4 is 23.4 Å². The van der Waals surface area contributed by atoms with E-state index in [1.807, 2.05) is 24.5 Å². The van der Waals surface area contributed by atoms with Gasteiger partial charge in [-0.3, -0.25) is 4.79 Å². The lowest BCUT2D eigenvalue weighted by atomic mass is 10.2. The zero-order chi connectivity index (χ0) is 14.5. The lowest BCUT2D eigenvalue weighted by molar-refractivity contribution is 0.102. The molecule has 1 N–H and O–H groups in total. The SMILES string of the molecule is COc1ccc(C(=O)Nc2cccc(SC)c2)cc1F. The normalized spacial score (nSPS) is 10.2.